The summed E-state index contributed by atoms with van der Waals surface area (Å²) in [4.78, 5) is 24.9. The van der Waals surface area contributed by atoms with Crippen molar-refractivity contribution in [1.82, 2.24) is 14.9 Å². The van der Waals surface area contributed by atoms with Crippen LogP contribution < -0.4 is 0 Å². The second-order valence-corrected chi connectivity index (χ2v) is 8.99. The average molecular weight is 402 g/mol. The highest BCUT2D eigenvalue weighted by Gasteiger charge is 2.28. The van der Waals surface area contributed by atoms with Gasteiger partial charge < -0.3 is 4.90 Å². The zero-order valence-corrected chi connectivity index (χ0v) is 17.5. The Labute approximate surface area is 174 Å². The summed E-state index contributed by atoms with van der Waals surface area (Å²) in [5, 5.41) is 2.17. The first-order valence-electron chi connectivity index (χ1n) is 10.1. The van der Waals surface area contributed by atoms with Crippen molar-refractivity contribution in [2.75, 3.05) is 13.1 Å². The van der Waals surface area contributed by atoms with Crippen LogP contribution in [0.15, 0.2) is 48.5 Å². The molecule has 2 aromatic heterocycles. The Morgan fingerprint density at radius 3 is 2.79 bits per heavy atom. The second-order valence-electron chi connectivity index (χ2n) is 7.93. The molecule has 4 nitrogen and oxygen atoms in total. The molecule has 0 saturated carbocycles. The number of likely N-dealkylation sites (tertiary alicyclic amines) is 1. The normalized spacial score (nSPS) is 17.2. The summed E-state index contributed by atoms with van der Waals surface area (Å²) in [5.74, 6) is 0.394. The molecule has 1 saturated heterocycles. The molecule has 1 amide bonds. The molecule has 4 aromatic rings. The lowest BCUT2D eigenvalue weighted by atomic mass is 9.97. The first-order valence-corrected chi connectivity index (χ1v) is 10.9. The number of benzene rings is 2. The van der Waals surface area contributed by atoms with Gasteiger partial charge in [0, 0.05) is 24.4 Å². The first kappa shape index (κ1) is 18.3. The van der Waals surface area contributed by atoms with Crippen molar-refractivity contribution in [2.24, 2.45) is 0 Å². The third kappa shape index (κ3) is 3.40. The zero-order valence-electron chi connectivity index (χ0n) is 16.7. The molecule has 0 spiro atoms. The number of thiazole rings is 1. The van der Waals surface area contributed by atoms with Crippen molar-refractivity contribution in [3.63, 3.8) is 0 Å². The maximum Gasteiger partial charge on any atom is 0.255 e. The van der Waals surface area contributed by atoms with Gasteiger partial charge in [0.25, 0.3) is 5.91 Å². The number of piperidine rings is 1. The number of aromatic nitrogens is 2. The quantitative estimate of drug-likeness (QED) is 0.447. The zero-order chi connectivity index (χ0) is 20.0. The van der Waals surface area contributed by atoms with Crippen molar-refractivity contribution in [2.45, 2.75) is 32.6 Å². The molecule has 1 aliphatic heterocycles. The van der Waals surface area contributed by atoms with Crippen LogP contribution in [-0.2, 0) is 0 Å². The van der Waals surface area contributed by atoms with Crippen molar-refractivity contribution in [3.8, 4) is 0 Å². The van der Waals surface area contributed by atoms with Crippen LogP contribution in [0.4, 0.5) is 0 Å². The van der Waals surface area contributed by atoms with Crippen molar-refractivity contribution in [1.29, 1.82) is 0 Å². The molecule has 0 radical (unpaired) electrons. The molecular weight excluding hydrogens is 378 g/mol. The summed E-state index contributed by atoms with van der Waals surface area (Å²) in [7, 11) is 0. The molecule has 3 heterocycles. The number of para-hydroxylation sites is 1. The van der Waals surface area contributed by atoms with Gasteiger partial charge in [0.1, 0.15) is 0 Å². The van der Waals surface area contributed by atoms with Gasteiger partial charge in [-0.15, -0.1) is 11.3 Å². The lowest BCUT2D eigenvalue weighted by molar-refractivity contribution is 0.0706. The van der Waals surface area contributed by atoms with Gasteiger partial charge in [-0.1, -0.05) is 23.8 Å². The Bertz CT molecular complexity index is 1200. The van der Waals surface area contributed by atoms with E-state index >= 15 is 0 Å². The highest BCUT2D eigenvalue weighted by Crippen LogP contribution is 2.33. The van der Waals surface area contributed by atoms with Crippen LogP contribution in [0.2, 0.25) is 0 Å². The molecule has 0 aliphatic carbocycles. The summed E-state index contributed by atoms with van der Waals surface area (Å²) in [6, 6.07) is 16.5. The van der Waals surface area contributed by atoms with E-state index in [1.54, 1.807) is 11.3 Å². The molecule has 29 heavy (non-hydrogen) atoms. The van der Waals surface area contributed by atoms with Crippen LogP contribution in [0.5, 0.6) is 0 Å². The standard InChI is InChI=1S/C24H23N3OS/c1-15-9-10-20-18(12-15)13-19(16(2)25-20)24(28)27-11-5-6-17(14-27)23-26-21-7-3-4-8-22(21)29-23/h3-4,7-10,12-13,17H,5-6,11,14H2,1-2H3/t17-/m0/s1. The molecule has 146 valence electrons. The number of carbonyl (C=O) groups is 1. The van der Waals surface area contributed by atoms with E-state index in [1.165, 1.54) is 10.3 Å². The molecule has 1 atom stereocenters. The van der Waals surface area contributed by atoms with E-state index in [2.05, 4.69) is 42.2 Å². The number of carbonyl (C=O) groups excluding carboxylic acids is 1. The lowest BCUT2D eigenvalue weighted by Crippen LogP contribution is -2.39. The molecule has 0 unspecified atom stereocenters. The summed E-state index contributed by atoms with van der Waals surface area (Å²) in [6.45, 7) is 5.52. The Balaban J connectivity index is 1.43. The molecule has 2 aromatic carbocycles. The SMILES string of the molecule is Cc1ccc2nc(C)c(C(=O)N3CCC[C@H](c4nc5ccccc5s4)C3)cc2c1. The lowest BCUT2D eigenvalue weighted by Gasteiger charge is -2.32. The highest BCUT2D eigenvalue weighted by molar-refractivity contribution is 7.18. The Morgan fingerprint density at radius 1 is 1.07 bits per heavy atom. The van der Waals surface area contributed by atoms with Gasteiger partial charge in [-0.05, 0) is 57.0 Å². The first-order chi connectivity index (χ1) is 14.1. The van der Waals surface area contributed by atoms with E-state index in [0.29, 0.717) is 11.5 Å². The minimum atomic E-state index is 0.0872. The summed E-state index contributed by atoms with van der Waals surface area (Å²) >= 11 is 1.76. The average Bonchev–Trinajstić information content (AvgIpc) is 3.17. The van der Waals surface area contributed by atoms with Gasteiger partial charge in [-0.25, -0.2) is 4.98 Å². The van der Waals surface area contributed by atoms with E-state index < -0.39 is 0 Å². The summed E-state index contributed by atoms with van der Waals surface area (Å²) in [6.07, 6.45) is 2.09. The van der Waals surface area contributed by atoms with E-state index in [0.717, 1.165) is 53.1 Å². The van der Waals surface area contributed by atoms with Gasteiger partial charge in [0.2, 0.25) is 0 Å². The smallest absolute Gasteiger partial charge is 0.255 e. The summed E-state index contributed by atoms with van der Waals surface area (Å²) < 4.78 is 1.22. The molecule has 5 rings (SSSR count). The third-order valence-corrected chi connectivity index (χ3v) is 6.96. The van der Waals surface area contributed by atoms with E-state index in [1.807, 2.05) is 30.0 Å². The molecule has 5 heteroatoms. The second kappa shape index (κ2) is 7.23. The van der Waals surface area contributed by atoms with Crippen molar-refractivity contribution >= 4 is 38.4 Å². The maximum absolute atomic E-state index is 13.4. The Kier molecular flexibility index (Phi) is 4.55. The largest absolute Gasteiger partial charge is 0.338 e. The fraction of sp³-hybridized carbons (Fsp3) is 0.292. The van der Waals surface area contributed by atoms with Crippen LogP contribution in [0.25, 0.3) is 21.1 Å². The number of nitrogens with zero attached hydrogens (tertiary/aromatic N) is 3. The van der Waals surface area contributed by atoms with Crippen LogP contribution in [0, 0.1) is 13.8 Å². The molecule has 0 N–H and O–H groups in total. The number of hydrogen-bond donors (Lipinski definition) is 0. The van der Waals surface area contributed by atoms with Crippen LogP contribution >= 0.6 is 11.3 Å². The Morgan fingerprint density at radius 2 is 1.93 bits per heavy atom. The fourth-order valence-corrected chi connectivity index (χ4v) is 5.30. The minimum Gasteiger partial charge on any atom is -0.338 e. The van der Waals surface area contributed by atoms with Gasteiger partial charge >= 0.3 is 0 Å². The Hall–Kier alpha value is -2.79. The van der Waals surface area contributed by atoms with Crippen LogP contribution in [-0.4, -0.2) is 33.9 Å². The van der Waals surface area contributed by atoms with E-state index in [4.69, 9.17) is 4.98 Å². The maximum atomic E-state index is 13.4. The number of pyridine rings is 1. The number of rotatable bonds is 2. The molecular formula is C24H23N3OS. The molecule has 1 aliphatic rings. The minimum absolute atomic E-state index is 0.0872. The molecule has 0 bridgehead atoms. The third-order valence-electron chi connectivity index (χ3n) is 5.76. The predicted octanol–water partition coefficient (Wildman–Crippen LogP) is 5.48. The molecule has 1 fully saturated rings. The predicted molar refractivity (Wildman–Crippen MR) is 119 cm³/mol. The highest BCUT2D eigenvalue weighted by atomic mass is 32.1. The number of aryl methyl sites for hydroxylation is 2. The van der Waals surface area contributed by atoms with Crippen molar-refractivity contribution in [3.05, 3.63) is 70.4 Å². The van der Waals surface area contributed by atoms with Gasteiger partial charge in [-0.2, -0.15) is 0 Å². The van der Waals surface area contributed by atoms with Gasteiger partial charge in [0.15, 0.2) is 0 Å². The number of hydrogen-bond acceptors (Lipinski definition) is 4. The summed E-state index contributed by atoms with van der Waals surface area (Å²) in [5.41, 5.74) is 4.69. The van der Waals surface area contributed by atoms with Crippen LogP contribution in [0.3, 0.4) is 0 Å². The number of amides is 1. The van der Waals surface area contributed by atoms with Crippen molar-refractivity contribution < 1.29 is 4.79 Å². The monoisotopic (exact) mass is 401 g/mol. The van der Waals surface area contributed by atoms with Gasteiger partial charge in [-0.3, -0.25) is 9.78 Å². The van der Waals surface area contributed by atoms with E-state index in [9.17, 15) is 4.79 Å². The fourth-order valence-electron chi connectivity index (χ4n) is 4.21. The van der Waals surface area contributed by atoms with E-state index in [-0.39, 0.29) is 5.91 Å². The number of fused-ring (bicyclic) bond motifs is 2. The topological polar surface area (TPSA) is 46.1 Å². The van der Waals surface area contributed by atoms with Crippen LogP contribution in [0.1, 0.15) is 45.4 Å². The van der Waals surface area contributed by atoms with Gasteiger partial charge in [0.05, 0.1) is 32.0 Å².